The Morgan fingerprint density at radius 1 is 0.569 bits per heavy atom. The highest BCUT2D eigenvalue weighted by atomic mass is 16.2. The summed E-state index contributed by atoms with van der Waals surface area (Å²) in [5.41, 5.74) is 5.10. The molecule has 51 heavy (non-hydrogen) atoms. The number of benzene rings is 4. The number of hydrogen-bond acceptors (Lipinski definition) is 6. The number of amides is 4. The molecule has 0 aromatic heterocycles. The Bertz CT molecular complexity index is 2160. The van der Waals surface area contributed by atoms with Gasteiger partial charge in [-0.15, -0.1) is 0 Å². The topological polar surface area (TPSA) is 123 Å². The lowest BCUT2D eigenvalue weighted by molar-refractivity contribution is -0.149. The van der Waals surface area contributed by atoms with Gasteiger partial charge in [0.25, 0.3) is 0 Å². The van der Waals surface area contributed by atoms with Crippen LogP contribution in [-0.2, 0) is 42.8 Å². The summed E-state index contributed by atoms with van der Waals surface area (Å²) in [7, 11) is 0. The normalized spacial score (nSPS) is 32.5. The van der Waals surface area contributed by atoms with Gasteiger partial charge in [0.2, 0.25) is 23.6 Å². The molecule has 0 aliphatic carbocycles. The summed E-state index contributed by atoms with van der Waals surface area (Å²) >= 11 is 0. The van der Waals surface area contributed by atoms with E-state index in [-0.39, 0.29) is 23.6 Å². The molecule has 4 amide bonds. The molecule has 0 saturated carbocycles. The standard InChI is InChI=1S/C41H38N6O4/c1-23-11-5-6-14-25(23)20-31-37(51)47-33(35(49)43-31)22-41(27-16-8-10-18-29(27)45-39(41)47)40-21-32-34(48)42-30(19-24-12-3-2-4-13-24)36(50)46(32)38(40)44-28-17-9-7-15-26(28)40/h2-18,30-33,38-39,44-45H,19-22H2,1H3,(H,42,48)(H,43,49). The second kappa shape index (κ2) is 10.7. The Kier molecular flexibility index (Phi) is 6.33. The quantitative estimate of drug-likeness (QED) is 0.257. The maximum absolute atomic E-state index is 14.8. The van der Waals surface area contributed by atoms with Gasteiger partial charge in [0.1, 0.15) is 36.5 Å². The lowest BCUT2D eigenvalue weighted by atomic mass is 9.54. The summed E-state index contributed by atoms with van der Waals surface area (Å²) in [5, 5.41) is 13.6. The van der Waals surface area contributed by atoms with Gasteiger partial charge in [0.15, 0.2) is 0 Å². The van der Waals surface area contributed by atoms with Gasteiger partial charge in [-0.2, -0.15) is 0 Å². The van der Waals surface area contributed by atoms with Crippen LogP contribution in [0.5, 0.6) is 0 Å². The SMILES string of the molecule is Cc1ccccc1CC1NC(=O)C2CC3(C45CC6C(=O)NC(Cc7ccccc7)C(=O)N6C4Nc4ccccc45)c4ccccc4NC3N2C1=O. The first kappa shape index (κ1) is 30.2. The fraction of sp³-hybridized carbons (Fsp3) is 0.317. The van der Waals surface area contributed by atoms with E-state index in [2.05, 4.69) is 33.4 Å². The second-order valence-corrected chi connectivity index (χ2v) is 15.0. The van der Waals surface area contributed by atoms with E-state index in [0.29, 0.717) is 25.7 Å². The zero-order valence-electron chi connectivity index (χ0n) is 28.1. The summed E-state index contributed by atoms with van der Waals surface area (Å²) in [6, 6.07) is 31.0. The van der Waals surface area contributed by atoms with Crippen LogP contribution in [0.15, 0.2) is 103 Å². The summed E-state index contributed by atoms with van der Waals surface area (Å²) in [5.74, 6) is -0.625. The first-order valence-electron chi connectivity index (χ1n) is 17.9. The van der Waals surface area contributed by atoms with E-state index in [1.807, 2.05) is 97.9 Å². The van der Waals surface area contributed by atoms with Crippen molar-refractivity contribution in [2.45, 2.75) is 79.9 Å². The largest absolute Gasteiger partial charge is 0.364 e. The van der Waals surface area contributed by atoms with E-state index in [1.165, 1.54) is 0 Å². The molecule has 10 nitrogen and oxygen atoms in total. The number of aryl methyl sites for hydroxylation is 1. The molecule has 4 saturated heterocycles. The van der Waals surface area contributed by atoms with Crippen LogP contribution in [0.25, 0.3) is 0 Å². The molecule has 6 aliphatic rings. The molecule has 256 valence electrons. The average molecular weight is 679 g/mol. The number of nitrogens with zero attached hydrogens (tertiary/aromatic N) is 2. The van der Waals surface area contributed by atoms with Crippen LogP contribution in [0.2, 0.25) is 0 Å². The van der Waals surface area contributed by atoms with Crippen molar-refractivity contribution in [1.82, 2.24) is 20.4 Å². The zero-order valence-corrected chi connectivity index (χ0v) is 28.1. The van der Waals surface area contributed by atoms with Gasteiger partial charge in [0, 0.05) is 24.2 Å². The Labute approximate surface area is 295 Å². The van der Waals surface area contributed by atoms with Crippen LogP contribution in [-0.4, -0.2) is 69.9 Å². The average Bonchev–Trinajstić information content (AvgIpc) is 3.85. The van der Waals surface area contributed by atoms with Crippen molar-refractivity contribution in [2.24, 2.45) is 0 Å². The number of hydrogen-bond donors (Lipinski definition) is 4. The fourth-order valence-corrected chi connectivity index (χ4v) is 10.6. The van der Waals surface area contributed by atoms with Crippen LogP contribution in [0.4, 0.5) is 11.4 Å². The maximum atomic E-state index is 14.8. The molecule has 0 spiro atoms. The minimum atomic E-state index is -0.865. The van der Waals surface area contributed by atoms with E-state index in [4.69, 9.17) is 0 Å². The van der Waals surface area contributed by atoms with Crippen molar-refractivity contribution in [2.75, 3.05) is 10.6 Å². The van der Waals surface area contributed by atoms with Gasteiger partial charge >= 0.3 is 0 Å². The fourth-order valence-electron chi connectivity index (χ4n) is 10.6. The third-order valence-corrected chi connectivity index (χ3v) is 12.7. The maximum Gasteiger partial charge on any atom is 0.247 e. The van der Waals surface area contributed by atoms with Gasteiger partial charge in [-0.05, 0) is 59.7 Å². The van der Waals surface area contributed by atoms with Crippen LogP contribution in [0.1, 0.15) is 40.7 Å². The number of carbonyl (C=O) groups excluding carboxylic acids is 4. The highest BCUT2D eigenvalue weighted by Gasteiger charge is 2.78. The highest BCUT2D eigenvalue weighted by molar-refractivity contribution is 6.01. The lowest BCUT2D eigenvalue weighted by Gasteiger charge is -2.48. The van der Waals surface area contributed by atoms with E-state index >= 15 is 0 Å². The molecule has 8 atom stereocenters. The highest BCUT2D eigenvalue weighted by Crippen LogP contribution is 2.68. The van der Waals surface area contributed by atoms with Gasteiger partial charge in [0.05, 0.1) is 10.8 Å². The van der Waals surface area contributed by atoms with E-state index in [0.717, 1.165) is 39.2 Å². The molecule has 0 radical (unpaired) electrons. The van der Waals surface area contributed by atoms with Crippen molar-refractivity contribution in [3.05, 3.63) is 131 Å². The second-order valence-electron chi connectivity index (χ2n) is 15.0. The molecule has 4 N–H and O–H groups in total. The van der Waals surface area contributed by atoms with E-state index in [9.17, 15) is 19.2 Å². The molecule has 10 rings (SSSR count). The van der Waals surface area contributed by atoms with Crippen LogP contribution in [0, 0.1) is 6.92 Å². The molecule has 8 unspecified atom stereocenters. The molecule has 4 aromatic rings. The number of carbonyl (C=O) groups is 4. The van der Waals surface area contributed by atoms with Crippen LogP contribution in [0.3, 0.4) is 0 Å². The molecule has 0 bridgehead atoms. The van der Waals surface area contributed by atoms with Crippen molar-refractivity contribution < 1.29 is 19.2 Å². The Morgan fingerprint density at radius 3 is 1.59 bits per heavy atom. The molecule has 10 heteroatoms. The van der Waals surface area contributed by atoms with Gasteiger partial charge in [-0.3, -0.25) is 19.2 Å². The minimum absolute atomic E-state index is 0.130. The first-order valence-corrected chi connectivity index (χ1v) is 17.9. The third kappa shape index (κ3) is 3.93. The van der Waals surface area contributed by atoms with E-state index < -0.39 is 47.3 Å². The molecule has 6 heterocycles. The minimum Gasteiger partial charge on any atom is -0.364 e. The summed E-state index contributed by atoms with van der Waals surface area (Å²) < 4.78 is 0. The number of piperazine rings is 2. The van der Waals surface area contributed by atoms with Crippen molar-refractivity contribution in [1.29, 1.82) is 0 Å². The summed E-state index contributed by atoms with van der Waals surface area (Å²) in [6.07, 6.45) is 0.270. The van der Waals surface area contributed by atoms with Crippen LogP contribution < -0.4 is 21.3 Å². The number of rotatable bonds is 5. The summed E-state index contributed by atoms with van der Waals surface area (Å²) in [4.78, 5) is 61.4. The van der Waals surface area contributed by atoms with Gasteiger partial charge in [-0.25, -0.2) is 0 Å². The van der Waals surface area contributed by atoms with Crippen molar-refractivity contribution >= 4 is 35.0 Å². The lowest BCUT2D eigenvalue weighted by Crippen LogP contribution is -2.67. The third-order valence-electron chi connectivity index (χ3n) is 12.7. The summed E-state index contributed by atoms with van der Waals surface area (Å²) in [6.45, 7) is 2.02. The Morgan fingerprint density at radius 2 is 1.04 bits per heavy atom. The van der Waals surface area contributed by atoms with Gasteiger partial charge in [-0.1, -0.05) is 91.0 Å². The molecular formula is C41H38N6O4. The van der Waals surface area contributed by atoms with Crippen molar-refractivity contribution in [3.63, 3.8) is 0 Å². The van der Waals surface area contributed by atoms with E-state index in [1.54, 1.807) is 9.80 Å². The number of anilines is 2. The molecular weight excluding hydrogens is 640 g/mol. The molecule has 4 fully saturated rings. The Balaban J connectivity index is 1.12. The molecule has 6 aliphatic heterocycles. The number of nitrogens with one attached hydrogen (secondary N) is 4. The Hall–Kier alpha value is -5.64. The van der Waals surface area contributed by atoms with Crippen LogP contribution >= 0.6 is 0 Å². The smallest absolute Gasteiger partial charge is 0.247 e. The zero-order chi connectivity index (χ0) is 34.6. The van der Waals surface area contributed by atoms with Gasteiger partial charge < -0.3 is 31.1 Å². The molecule has 4 aromatic carbocycles. The predicted molar refractivity (Wildman–Crippen MR) is 190 cm³/mol. The number of para-hydroxylation sites is 2. The monoisotopic (exact) mass is 678 g/mol. The first-order chi connectivity index (χ1) is 24.8. The number of fused-ring (bicyclic) bond motifs is 11. The predicted octanol–water partition coefficient (Wildman–Crippen LogP) is 3.36. The van der Waals surface area contributed by atoms with Crippen molar-refractivity contribution in [3.8, 4) is 0 Å².